The predicted molar refractivity (Wildman–Crippen MR) is 82.0 cm³/mol. The molecule has 2 N–H and O–H groups in total. The van der Waals surface area contributed by atoms with Crippen LogP contribution in [0.15, 0.2) is 12.3 Å². The molecule has 20 heavy (non-hydrogen) atoms. The van der Waals surface area contributed by atoms with E-state index < -0.39 is 0 Å². The molecular formula is C16H25N3O. The van der Waals surface area contributed by atoms with E-state index in [-0.39, 0.29) is 11.4 Å². The van der Waals surface area contributed by atoms with Gasteiger partial charge >= 0.3 is 0 Å². The van der Waals surface area contributed by atoms with E-state index in [0.29, 0.717) is 11.5 Å². The van der Waals surface area contributed by atoms with E-state index >= 15 is 0 Å². The van der Waals surface area contributed by atoms with Gasteiger partial charge in [0, 0.05) is 24.0 Å². The van der Waals surface area contributed by atoms with Crippen LogP contribution in [-0.2, 0) is 0 Å². The van der Waals surface area contributed by atoms with E-state index in [2.05, 4.69) is 36.4 Å². The van der Waals surface area contributed by atoms with Gasteiger partial charge in [-0.15, -0.1) is 0 Å². The molecule has 1 saturated carbocycles. The monoisotopic (exact) mass is 275 g/mol. The molecule has 0 bridgehead atoms. The first kappa shape index (κ1) is 14.8. The van der Waals surface area contributed by atoms with Gasteiger partial charge in [-0.05, 0) is 52.0 Å². The van der Waals surface area contributed by atoms with E-state index in [9.17, 15) is 4.79 Å². The van der Waals surface area contributed by atoms with Gasteiger partial charge in [-0.1, -0.05) is 6.92 Å². The zero-order valence-corrected chi connectivity index (χ0v) is 12.9. The molecule has 4 heteroatoms. The minimum Gasteiger partial charge on any atom is -0.384 e. The van der Waals surface area contributed by atoms with Crippen molar-refractivity contribution in [1.82, 2.24) is 10.3 Å². The third kappa shape index (κ3) is 3.50. The fourth-order valence-electron chi connectivity index (χ4n) is 2.41. The Balaban J connectivity index is 2.15. The second kappa shape index (κ2) is 5.81. The number of rotatable bonds is 6. The summed E-state index contributed by atoms with van der Waals surface area (Å²) in [6.07, 6.45) is 5.11. The highest BCUT2D eigenvalue weighted by Crippen LogP contribution is 2.39. The molecule has 1 aliphatic rings. The SMILES string of the molecule is CCCNc1cc(C)ncc1C(=O)NC(C)(C)C1CC1. The van der Waals surface area contributed by atoms with Gasteiger partial charge in [0.05, 0.1) is 11.3 Å². The molecule has 0 unspecified atom stereocenters. The van der Waals surface area contributed by atoms with Gasteiger partial charge < -0.3 is 10.6 Å². The van der Waals surface area contributed by atoms with Crippen molar-refractivity contribution in [3.05, 3.63) is 23.5 Å². The van der Waals surface area contributed by atoms with Crippen LogP contribution in [0.2, 0.25) is 0 Å². The Morgan fingerprint density at radius 1 is 1.45 bits per heavy atom. The molecule has 110 valence electrons. The molecule has 1 amide bonds. The van der Waals surface area contributed by atoms with E-state index in [4.69, 9.17) is 0 Å². The molecule has 1 aromatic rings. The molecule has 2 rings (SSSR count). The maximum absolute atomic E-state index is 12.5. The van der Waals surface area contributed by atoms with Crippen LogP contribution < -0.4 is 10.6 Å². The molecule has 0 aromatic carbocycles. The molecule has 1 aromatic heterocycles. The molecular weight excluding hydrogens is 250 g/mol. The topological polar surface area (TPSA) is 54.0 Å². The van der Waals surface area contributed by atoms with Gasteiger partial charge in [0.1, 0.15) is 0 Å². The Kier molecular flexibility index (Phi) is 4.31. The van der Waals surface area contributed by atoms with E-state index in [1.807, 2.05) is 13.0 Å². The first-order valence-corrected chi connectivity index (χ1v) is 7.47. The number of carbonyl (C=O) groups is 1. The maximum atomic E-state index is 12.5. The first-order valence-electron chi connectivity index (χ1n) is 7.47. The van der Waals surface area contributed by atoms with E-state index in [1.165, 1.54) is 12.8 Å². The largest absolute Gasteiger partial charge is 0.384 e. The van der Waals surface area contributed by atoms with Crippen LogP contribution in [0, 0.1) is 12.8 Å². The summed E-state index contributed by atoms with van der Waals surface area (Å²) >= 11 is 0. The number of nitrogens with zero attached hydrogens (tertiary/aromatic N) is 1. The lowest BCUT2D eigenvalue weighted by atomic mass is 9.98. The molecule has 0 atom stereocenters. The summed E-state index contributed by atoms with van der Waals surface area (Å²) in [5.74, 6) is 0.574. The number of anilines is 1. The highest BCUT2D eigenvalue weighted by Gasteiger charge is 2.39. The van der Waals surface area contributed by atoms with Gasteiger partial charge in [0.25, 0.3) is 5.91 Å². The third-order valence-corrected chi connectivity index (χ3v) is 3.88. The normalized spacial score (nSPS) is 15.0. The average molecular weight is 275 g/mol. The number of aryl methyl sites for hydroxylation is 1. The fourth-order valence-corrected chi connectivity index (χ4v) is 2.41. The summed E-state index contributed by atoms with van der Waals surface area (Å²) in [5.41, 5.74) is 2.30. The number of hydrogen-bond acceptors (Lipinski definition) is 3. The lowest BCUT2D eigenvalue weighted by Crippen LogP contribution is -2.45. The van der Waals surface area contributed by atoms with Gasteiger partial charge in [-0.3, -0.25) is 9.78 Å². The highest BCUT2D eigenvalue weighted by molar-refractivity contribution is 5.99. The summed E-state index contributed by atoms with van der Waals surface area (Å²) < 4.78 is 0. The zero-order valence-electron chi connectivity index (χ0n) is 12.9. The van der Waals surface area contributed by atoms with Crippen LogP contribution >= 0.6 is 0 Å². The fraction of sp³-hybridized carbons (Fsp3) is 0.625. The molecule has 4 nitrogen and oxygen atoms in total. The number of carbonyl (C=O) groups excluding carboxylic acids is 1. The van der Waals surface area contributed by atoms with Crippen molar-refractivity contribution in [2.24, 2.45) is 5.92 Å². The van der Waals surface area contributed by atoms with E-state index in [0.717, 1.165) is 24.3 Å². The summed E-state index contributed by atoms with van der Waals surface area (Å²) in [4.78, 5) is 16.8. The molecule has 0 spiro atoms. The Bertz CT molecular complexity index is 492. The lowest BCUT2D eigenvalue weighted by molar-refractivity contribution is 0.0904. The number of hydrogen-bond donors (Lipinski definition) is 2. The number of nitrogens with one attached hydrogen (secondary N) is 2. The van der Waals surface area contributed by atoms with Crippen molar-refractivity contribution in [3.63, 3.8) is 0 Å². The Morgan fingerprint density at radius 3 is 2.75 bits per heavy atom. The Labute approximate surface area is 121 Å². The second-order valence-corrected chi connectivity index (χ2v) is 6.25. The number of amides is 1. The van der Waals surface area contributed by atoms with Crippen LogP contribution in [0.1, 0.15) is 56.1 Å². The van der Waals surface area contributed by atoms with E-state index in [1.54, 1.807) is 6.20 Å². The minimum absolute atomic E-state index is 0.0343. The molecule has 0 saturated heterocycles. The molecule has 1 aliphatic carbocycles. The van der Waals surface area contributed by atoms with Crippen LogP contribution in [0.5, 0.6) is 0 Å². The molecule has 1 heterocycles. The van der Waals surface area contributed by atoms with Gasteiger partial charge in [-0.2, -0.15) is 0 Å². The minimum atomic E-state index is -0.135. The summed E-state index contributed by atoms with van der Waals surface area (Å²) in [6, 6.07) is 1.94. The quantitative estimate of drug-likeness (QED) is 0.838. The lowest BCUT2D eigenvalue weighted by Gasteiger charge is -2.26. The zero-order chi connectivity index (χ0) is 14.8. The smallest absolute Gasteiger partial charge is 0.255 e. The van der Waals surface area contributed by atoms with Crippen LogP contribution in [-0.4, -0.2) is 23.0 Å². The Morgan fingerprint density at radius 2 is 2.15 bits per heavy atom. The van der Waals surface area contributed by atoms with Crippen molar-refractivity contribution in [2.75, 3.05) is 11.9 Å². The predicted octanol–water partition coefficient (Wildman–Crippen LogP) is 3.13. The van der Waals surface area contributed by atoms with Crippen molar-refractivity contribution in [1.29, 1.82) is 0 Å². The average Bonchev–Trinajstić information content (AvgIpc) is 3.20. The highest BCUT2D eigenvalue weighted by atomic mass is 16.1. The Hall–Kier alpha value is -1.58. The van der Waals surface area contributed by atoms with Crippen LogP contribution in [0.25, 0.3) is 0 Å². The van der Waals surface area contributed by atoms with Crippen molar-refractivity contribution in [3.8, 4) is 0 Å². The number of aromatic nitrogens is 1. The summed E-state index contributed by atoms with van der Waals surface area (Å²) in [7, 11) is 0. The van der Waals surface area contributed by atoms with Crippen molar-refractivity contribution < 1.29 is 4.79 Å². The first-order chi connectivity index (χ1) is 9.44. The van der Waals surface area contributed by atoms with Crippen molar-refractivity contribution in [2.45, 2.75) is 52.5 Å². The van der Waals surface area contributed by atoms with Gasteiger partial charge in [0.2, 0.25) is 0 Å². The number of pyridine rings is 1. The molecule has 0 radical (unpaired) electrons. The van der Waals surface area contributed by atoms with Gasteiger partial charge in [0.15, 0.2) is 0 Å². The second-order valence-electron chi connectivity index (χ2n) is 6.25. The maximum Gasteiger partial charge on any atom is 0.255 e. The molecule has 0 aliphatic heterocycles. The van der Waals surface area contributed by atoms with Crippen LogP contribution in [0.3, 0.4) is 0 Å². The third-order valence-electron chi connectivity index (χ3n) is 3.88. The summed E-state index contributed by atoms with van der Waals surface area (Å²) in [5, 5.41) is 6.47. The van der Waals surface area contributed by atoms with Gasteiger partial charge in [-0.25, -0.2) is 0 Å². The summed E-state index contributed by atoms with van der Waals surface area (Å²) in [6.45, 7) is 9.10. The molecule has 1 fully saturated rings. The van der Waals surface area contributed by atoms with Crippen molar-refractivity contribution >= 4 is 11.6 Å². The van der Waals surface area contributed by atoms with Crippen LogP contribution in [0.4, 0.5) is 5.69 Å². The standard InChI is InChI=1S/C16H25N3O/c1-5-8-17-14-9-11(2)18-10-13(14)15(20)19-16(3,4)12-6-7-12/h9-10,12H,5-8H2,1-4H3,(H,17,18)(H,19,20).